The lowest BCUT2D eigenvalue weighted by atomic mass is 9.77. The molecular formula is C11H21ClN4O. The molecule has 1 aromatic heterocycles. The van der Waals surface area contributed by atoms with Gasteiger partial charge in [0.15, 0.2) is 5.82 Å². The second-order valence-electron chi connectivity index (χ2n) is 5.03. The Labute approximate surface area is 108 Å². The molecule has 0 radical (unpaired) electrons. The molecule has 0 amide bonds. The first kappa shape index (κ1) is 14.4. The molecule has 2 N–H and O–H groups in total. The molecule has 2 rings (SSSR count). The average molecular weight is 261 g/mol. The number of aromatic nitrogens is 2. The van der Waals surface area contributed by atoms with Gasteiger partial charge < -0.3 is 10.3 Å². The van der Waals surface area contributed by atoms with Gasteiger partial charge in [-0.05, 0) is 40.2 Å². The van der Waals surface area contributed by atoms with E-state index >= 15 is 0 Å². The fourth-order valence-electron chi connectivity index (χ4n) is 1.70. The van der Waals surface area contributed by atoms with E-state index < -0.39 is 0 Å². The van der Waals surface area contributed by atoms with E-state index in [1.54, 1.807) is 0 Å². The van der Waals surface area contributed by atoms with Gasteiger partial charge in [-0.25, -0.2) is 0 Å². The highest BCUT2D eigenvalue weighted by atomic mass is 35.5. The first-order valence-electron chi connectivity index (χ1n) is 5.83. The van der Waals surface area contributed by atoms with Gasteiger partial charge in [0.05, 0.1) is 12.1 Å². The average Bonchev–Trinajstić information content (AvgIpc) is 2.62. The lowest BCUT2D eigenvalue weighted by Gasteiger charge is -2.34. The molecule has 0 spiro atoms. The highest BCUT2D eigenvalue weighted by Gasteiger charge is 2.38. The predicted molar refractivity (Wildman–Crippen MR) is 67.9 cm³/mol. The summed E-state index contributed by atoms with van der Waals surface area (Å²) < 4.78 is 5.22. The second kappa shape index (κ2) is 5.33. The molecule has 0 atom stereocenters. The van der Waals surface area contributed by atoms with Crippen molar-refractivity contribution in [1.82, 2.24) is 15.0 Å². The van der Waals surface area contributed by atoms with Gasteiger partial charge in [-0.1, -0.05) is 5.16 Å². The third-order valence-corrected chi connectivity index (χ3v) is 3.43. The van der Waals surface area contributed by atoms with Gasteiger partial charge >= 0.3 is 0 Å². The van der Waals surface area contributed by atoms with E-state index in [-0.39, 0.29) is 17.9 Å². The second-order valence-corrected chi connectivity index (χ2v) is 5.03. The molecule has 0 unspecified atom stereocenters. The van der Waals surface area contributed by atoms with Crippen LogP contribution < -0.4 is 5.73 Å². The Hall–Kier alpha value is -0.650. The minimum Gasteiger partial charge on any atom is -0.338 e. The van der Waals surface area contributed by atoms with Crippen LogP contribution in [0.2, 0.25) is 0 Å². The van der Waals surface area contributed by atoms with Gasteiger partial charge in [0.2, 0.25) is 5.89 Å². The Kier molecular flexibility index (Phi) is 4.52. The van der Waals surface area contributed by atoms with Crippen LogP contribution in [0.15, 0.2) is 4.52 Å². The van der Waals surface area contributed by atoms with E-state index in [0.717, 1.165) is 19.3 Å². The van der Waals surface area contributed by atoms with Gasteiger partial charge in [-0.3, -0.25) is 4.90 Å². The van der Waals surface area contributed by atoms with Crippen LogP contribution in [-0.2, 0) is 12.1 Å². The summed E-state index contributed by atoms with van der Waals surface area (Å²) in [7, 11) is 2.04. The molecule has 1 aliphatic carbocycles. The topological polar surface area (TPSA) is 68.2 Å². The Bertz CT molecular complexity index is 362. The van der Waals surface area contributed by atoms with Crippen LogP contribution in [0.3, 0.4) is 0 Å². The summed E-state index contributed by atoms with van der Waals surface area (Å²) in [6, 6.07) is 0.464. The lowest BCUT2D eigenvalue weighted by Crippen LogP contribution is -2.44. The van der Waals surface area contributed by atoms with E-state index in [4.69, 9.17) is 10.3 Å². The fourth-order valence-corrected chi connectivity index (χ4v) is 1.70. The quantitative estimate of drug-likeness (QED) is 0.892. The number of hydrogen-bond donors (Lipinski definition) is 1. The van der Waals surface area contributed by atoms with Gasteiger partial charge in [-0.2, -0.15) is 4.98 Å². The molecule has 0 bridgehead atoms. The van der Waals surface area contributed by atoms with Crippen molar-refractivity contribution in [3.05, 3.63) is 11.7 Å². The Balaban J connectivity index is 0.00000144. The molecule has 17 heavy (non-hydrogen) atoms. The summed E-state index contributed by atoms with van der Waals surface area (Å²) >= 11 is 0. The molecule has 0 aromatic carbocycles. The van der Waals surface area contributed by atoms with Crippen molar-refractivity contribution in [2.24, 2.45) is 5.73 Å². The van der Waals surface area contributed by atoms with Crippen LogP contribution in [-0.4, -0.2) is 28.1 Å². The largest absolute Gasteiger partial charge is 0.338 e. The van der Waals surface area contributed by atoms with Crippen molar-refractivity contribution >= 4 is 12.4 Å². The zero-order valence-corrected chi connectivity index (χ0v) is 11.5. The number of halogens is 1. The van der Waals surface area contributed by atoms with E-state index in [1.807, 2.05) is 7.05 Å². The van der Waals surface area contributed by atoms with Gasteiger partial charge in [0, 0.05) is 6.04 Å². The number of rotatable bonds is 4. The van der Waals surface area contributed by atoms with Crippen LogP contribution in [0.5, 0.6) is 0 Å². The molecule has 98 valence electrons. The highest BCUT2D eigenvalue weighted by Crippen LogP contribution is 2.36. The molecule has 6 heteroatoms. The summed E-state index contributed by atoms with van der Waals surface area (Å²) in [6.45, 7) is 4.95. The summed E-state index contributed by atoms with van der Waals surface area (Å²) in [5.41, 5.74) is 5.81. The van der Waals surface area contributed by atoms with E-state index in [1.165, 1.54) is 0 Å². The predicted octanol–water partition coefficient (Wildman–Crippen LogP) is 1.67. The van der Waals surface area contributed by atoms with Crippen LogP contribution in [0.1, 0.15) is 44.8 Å². The molecule has 0 aliphatic heterocycles. The molecule has 0 saturated heterocycles. The molecule has 1 heterocycles. The fraction of sp³-hybridized carbons (Fsp3) is 0.818. The van der Waals surface area contributed by atoms with E-state index in [2.05, 4.69) is 28.9 Å². The third-order valence-electron chi connectivity index (χ3n) is 3.43. The maximum atomic E-state index is 6.13. The van der Waals surface area contributed by atoms with Gasteiger partial charge in [-0.15, -0.1) is 12.4 Å². The maximum Gasteiger partial charge on any atom is 0.240 e. The number of nitrogens with two attached hydrogens (primary N) is 1. The first-order valence-corrected chi connectivity index (χ1v) is 5.83. The lowest BCUT2D eigenvalue weighted by molar-refractivity contribution is 0.218. The summed E-state index contributed by atoms with van der Waals surface area (Å²) in [5, 5.41) is 3.98. The SMILES string of the molecule is CC(C)N(C)Cc1nc(C2(N)CCC2)no1.Cl. The Morgan fingerprint density at radius 2 is 2.12 bits per heavy atom. The van der Waals surface area contributed by atoms with Crippen molar-refractivity contribution in [2.75, 3.05) is 7.05 Å². The van der Waals surface area contributed by atoms with Gasteiger partial charge in [0.1, 0.15) is 0 Å². The monoisotopic (exact) mass is 260 g/mol. The highest BCUT2D eigenvalue weighted by molar-refractivity contribution is 5.85. The third kappa shape index (κ3) is 2.97. The van der Waals surface area contributed by atoms with Crippen LogP contribution in [0.4, 0.5) is 0 Å². The smallest absolute Gasteiger partial charge is 0.240 e. The summed E-state index contributed by atoms with van der Waals surface area (Å²) in [6.07, 6.45) is 3.09. The number of hydrogen-bond acceptors (Lipinski definition) is 5. The standard InChI is InChI=1S/C11H20N4O.ClH/c1-8(2)15(3)7-9-13-10(14-16-9)11(12)5-4-6-11;/h8H,4-7,12H2,1-3H3;1H. The van der Waals surface area contributed by atoms with Crippen molar-refractivity contribution in [1.29, 1.82) is 0 Å². The molecule has 1 aliphatic rings. The Morgan fingerprint density at radius 3 is 2.59 bits per heavy atom. The van der Waals surface area contributed by atoms with Crippen LogP contribution in [0, 0.1) is 0 Å². The van der Waals surface area contributed by atoms with Crippen LogP contribution >= 0.6 is 12.4 Å². The van der Waals surface area contributed by atoms with Crippen molar-refractivity contribution < 1.29 is 4.52 Å². The van der Waals surface area contributed by atoms with Crippen molar-refractivity contribution in [3.63, 3.8) is 0 Å². The summed E-state index contributed by atoms with van der Waals surface area (Å²) in [5.74, 6) is 1.33. The normalized spacial score (nSPS) is 18.0. The van der Waals surface area contributed by atoms with Crippen LogP contribution in [0.25, 0.3) is 0 Å². The maximum absolute atomic E-state index is 6.13. The van der Waals surface area contributed by atoms with E-state index in [9.17, 15) is 0 Å². The van der Waals surface area contributed by atoms with Gasteiger partial charge in [0.25, 0.3) is 0 Å². The molecular weight excluding hydrogens is 240 g/mol. The molecule has 5 nitrogen and oxygen atoms in total. The van der Waals surface area contributed by atoms with Crippen molar-refractivity contribution in [2.45, 2.75) is 51.2 Å². The minimum atomic E-state index is -0.321. The van der Waals surface area contributed by atoms with Crippen molar-refractivity contribution in [3.8, 4) is 0 Å². The summed E-state index contributed by atoms with van der Waals surface area (Å²) in [4.78, 5) is 6.54. The zero-order valence-electron chi connectivity index (χ0n) is 10.6. The molecule has 1 saturated carbocycles. The zero-order chi connectivity index (χ0) is 11.8. The number of nitrogens with zero attached hydrogens (tertiary/aromatic N) is 3. The first-order chi connectivity index (χ1) is 7.51. The molecule has 1 fully saturated rings. The Morgan fingerprint density at radius 1 is 1.47 bits per heavy atom. The molecule has 1 aromatic rings. The van der Waals surface area contributed by atoms with E-state index in [0.29, 0.717) is 24.3 Å². The minimum absolute atomic E-state index is 0.